The summed E-state index contributed by atoms with van der Waals surface area (Å²) in [6.45, 7) is 1.18. The Morgan fingerprint density at radius 1 is 1.41 bits per heavy atom. The van der Waals surface area contributed by atoms with Crippen LogP contribution in [-0.2, 0) is 4.74 Å². The van der Waals surface area contributed by atoms with Crippen LogP contribution in [0.1, 0.15) is 22.4 Å². The van der Waals surface area contributed by atoms with Crippen molar-refractivity contribution < 1.29 is 30.0 Å². The van der Waals surface area contributed by atoms with E-state index in [1.807, 2.05) is 0 Å². The van der Waals surface area contributed by atoms with Crippen LogP contribution in [0.5, 0.6) is 0 Å². The van der Waals surface area contributed by atoms with E-state index in [1.165, 1.54) is 17.0 Å². The van der Waals surface area contributed by atoms with Crippen molar-refractivity contribution in [3.8, 4) is 0 Å². The van der Waals surface area contributed by atoms with Gasteiger partial charge in [-0.25, -0.2) is 14.8 Å². The first-order valence-electron chi connectivity index (χ1n) is 6.64. The number of carbonyl (C=O) groups is 1. The SMILES string of the molecule is Cc1ncc2c(C(=O)O)cn([C@@H]3O[C@H](CO)[C@@H](O)[C@H]3O)c2n1. The van der Waals surface area contributed by atoms with Crippen LogP contribution in [0.2, 0.25) is 0 Å². The standard InChI is InChI=1S/C13H15N3O6/c1-5-14-2-6-7(13(20)21)3-16(11(6)15-5)12-10(19)9(18)8(4-17)22-12/h2-3,8-10,12,17-19H,4H2,1H3,(H,20,21)/t8-,9-,10-,12-/m1/s1. The number of ether oxygens (including phenoxy) is 1. The molecule has 1 saturated heterocycles. The number of hydrogen-bond acceptors (Lipinski definition) is 7. The minimum absolute atomic E-state index is 0.0345. The molecule has 0 unspecified atom stereocenters. The summed E-state index contributed by atoms with van der Waals surface area (Å²) < 4.78 is 6.77. The fourth-order valence-electron chi connectivity index (χ4n) is 2.59. The van der Waals surface area contributed by atoms with E-state index in [4.69, 9.17) is 9.84 Å². The third-order valence-electron chi connectivity index (χ3n) is 3.71. The largest absolute Gasteiger partial charge is 0.478 e. The summed E-state index contributed by atoms with van der Waals surface area (Å²) in [6, 6.07) is 0. The Morgan fingerprint density at radius 3 is 2.73 bits per heavy atom. The fraction of sp³-hybridized carbons (Fsp3) is 0.462. The molecule has 0 bridgehead atoms. The Morgan fingerprint density at radius 2 is 2.14 bits per heavy atom. The maximum Gasteiger partial charge on any atom is 0.337 e. The molecule has 1 aliphatic rings. The van der Waals surface area contributed by atoms with Crippen molar-refractivity contribution in [2.45, 2.75) is 31.5 Å². The van der Waals surface area contributed by atoms with Gasteiger partial charge in [-0.2, -0.15) is 0 Å². The topological polar surface area (TPSA) is 138 Å². The van der Waals surface area contributed by atoms with Crippen LogP contribution >= 0.6 is 0 Å². The van der Waals surface area contributed by atoms with Gasteiger partial charge in [0, 0.05) is 12.4 Å². The third-order valence-corrected chi connectivity index (χ3v) is 3.71. The van der Waals surface area contributed by atoms with Gasteiger partial charge in [-0.1, -0.05) is 0 Å². The van der Waals surface area contributed by atoms with Crippen LogP contribution in [0.25, 0.3) is 11.0 Å². The van der Waals surface area contributed by atoms with Gasteiger partial charge in [-0.05, 0) is 6.92 Å². The number of aliphatic hydroxyl groups excluding tert-OH is 3. The predicted octanol–water partition coefficient (Wildman–Crippen LogP) is -0.951. The minimum Gasteiger partial charge on any atom is -0.478 e. The molecule has 4 N–H and O–H groups in total. The Kier molecular flexibility index (Phi) is 3.57. The molecule has 1 fully saturated rings. The van der Waals surface area contributed by atoms with Crippen LogP contribution in [0, 0.1) is 6.92 Å². The Balaban J connectivity index is 2.15. The van der Waals surface area contributed by atoms with Gasteiger partial charge in [0.15, 0.2) is 6.23 Å². The van der Waals surface area contributed by atoms with E-state index < -0.39 is 37.1 Å². The highest BCUT2D eigenvalue weighted by Gasteiger charge is 2.44. The van der Waals surface area contributed by atoms with Gasteiger partial charge in [-0.15, -0.1) is 0 Å². The van der Waals surface area contributed by atoms with Gasteiger partial charge < -0.3 is 29.7 Å². The summed E-state index contributed by atoms with van der Waals surface area (Å²) in [4.78, 5) is 19.5. The molecule has 0 spiro atoms. The molecule has 0 aliphatic carbocycles. The summed E-state index contributed by atoms with van der Waals surface area (Å²) in [7, 11) is 0. The van der Waals surface area contributed by atoms with Crippen molar-refractivity contribution in [2.75, 3.05) is 6.61 Å². The minimum atomic E-state index is -1.32. The number of rotatable bonds is 3. The Hall–Kier alpha value is -2.07. The van der Waals surface area contributed by atoms with E-state index in [9.17, 15) is 20.1 Å². The summed E-state index contributed by atoms with van der Waals surface area (Å²) in [5, 5.41) is 38.6. The summed E-state index contributed by atoms with van der Waals surface area (Å²) >= 11 is 0. The zero-order chi connectivity index (χ0) is 16.0. The highest BCUT2D eigenvalue weighted by molar-refractivity contribution is 6.02. The number of nitrogens with zero attached hydrogens (tertiary/aromatic N) is 3. The monoisotopic (exact) mass is 309 g/mol. The third kappa shape index (κ3) is 2.15. The second-order valence-electron chi connectivity index (χ2n) is 5.14. The molecular formula is C13H15N3O6. The first-order valence-corrected chi connectivity index (χ1v) is 6.64. The number of carboxylic acids is 1. The van der Waals surface area contributed by atoms with Crippen molar-refractivity contribution in [1.29, 1.82) is 0 Å². The van der Waals surface area contributed by atoms with Crippen LogP contribution in [-0.4, -0.2) is 65.8 Å². The zero-order valence-corrected chi connectivity index (χ0v) is 11.6. The maximum atomic E-state index is 11.3. The molecule has 0 aromatic carbocycles. The number of fused-ring (bicyclic) bond motifs is 1. The molecule has 1 aliphatic heterocycles. The molecule has 9 nitrogen and oxygen atoms in total. The van der Waals surface area contributed by atoms with E-state index in [2.05, 4.69) is 9.97 Å². The van der Waals surface area contributed by atoms with Crippen molar-refractivity contribution in [3.05, 3.63) is 23.8 Å². The van der Waals surface area contributed by atoms with Gasteiger partial charge in [-0.3, -0.25) is 0 Å². The second-order valence-corrected chi connectivity index (χ2v) is 5.14. The molecule has 0 saturated carbocycles. The normalized spacial score (nSPS) is 28.4. The molecule has 3 heterocycles. The predicted molar refractivity (Wildman–Crippen MR) is 72.2 cm³/mol. The second kappa shape index (κ2) is 5.29. The molecule has 0 amide bonds. The van der Waals surface area contributed by atoms with Gasteiger partial charge in [0.1, 0.15) is 29.8 Å². The number of aromatic carboxylic acids is 1. The van der Waals surface area contributed by atoms with E-state index in [0.29, 0.717) is 11.2 Å². The van der Waals surface area contributed by atoms with Gasteiger partial charge >= 0.3 is 5.97 Å². The number of aromatic nitrogens is 3. The van der Waals surface area contributed by atoms with Crippen LogP contribution in [0.15, 0.2) is 12.4 Å². The molecule has 4 atom stereocenters. The van der Waals surface area contributed by atoms with Gasteiger partial charge in [0.2, 0.25) is 0 Å². The number of aryl methyl sites for hydroxylation is 1. The summed E-state index contributed by atoms with van der Waals surface area (Å²) in [5.41, 5.74) is 0.243. The van der Waals surface area contributed by atoms with Crippen molar-refractivity contribution in [2.24, 2.45) is 0 Å². The number of hydrogen-bond donors (Lipinski definition) is 4. The van der Waals surface area contributed by atoms with Gasteiger partial charge in [0.05, 0.1) is 17.6 Å². The molecule has 9 heteroatoms. The lowest BCUT2D eigenvalue weighted by Crippen LogP contribution is -2.33. The lowest BCUT2D eigenvalue weighted by molar-refractivity contribution is -0.0509. The molecule has 0 radical (unpaired) electrons. The molecule has 2 aromatic rings. The average Bonchev–Trinajstić information content (AvgIpc) is 2.98. The lowest BCUT2D eigenvalue weighted by Gasteiger charge is -2.17. The molecule has 2 aromatic heterocycles. The van der Waals surface area contributed by atoms with Gasteiger partial charge in [0.25, 0.3) is 0 Å². The van der Waals surface area contributed by atoms with Crippen LogP contribution in [0.3, 0.4) is 0 Å². The molecular weight excluding hydrogens is 294 g/mol. The van der Waals surface area contributed by atoms with Crippen molar-refractivity contribution >= 4 is 17.0 Å². The quantitative estimate of drug-likeness (QED) is 0.569. The Labute approximate surface area is 124 Å². The van der Waals surface area contributed by atoms with E-state index in [1.54, 1.807) is 6.92 Å². The molecule has 118 valence electrons. The highest BCUT2D eigenvalue weighted by atomic mass is 16.6. The summed E-state index contributed by atoms with van der Waals surface area (Å²) in [5.74, 6) is -0.738. The first-order chi connectivity index (χ1) is 10.4. The smallest absolute Gasteiger partial charge is 0.337 e. The average molecular weight is 309 g/mol. The summed E-state index contributed by atoms with van der Waals surface area (Å²) in [6.07, 6.45) is -1.92. The molecule has 22 heavy (non-hydrogen) atoms. The zero-order valence-electron chi connectivity index (χ0n) is 11.6. The van der Waals surface area contributed by atoms with E-state index >= 15 is 0 Å². The van der Waals surface area contributed by atoms with E-state index in [0.717, 1.165) is 0 Å². The lowest BCUT2D eigenvalue weighted by atomic mass is 10.1. The van der Waals surface area contributed by atoms with Crippen LogP contribution < -0.4 is 0 Å². The van der Waals surface area contributed by atoms with Crippen molar-refractivity contribution in [3.63, 3.8) is 0 Å². The Bertz CT molecular complexity index is 730. The van der Waals surface area contributed by atoms with Crippen LogP contribution in [0.4, 0.5) is 0 Å². The molecule has 3 rings (SSSR count). The van der Waals surface area contributed by atoms with Crippen molar-refractivity contribution in [1.82, 2.24) is 14.5 Å². The highest BCUT2D eigenvalue weighted by Crippen LogP contribution is 2.33. The fourth-order valence-corrected chi connectivity index (χ4v) is 2.59. The van der Waals surface area contributed by atoms with E-state index in [-0.39, 0.29) is 11.2 Å². The number of aliphatic hydroxyl groups is 3. The number of carboxylic acid groups (broad SMARTS) is 1. The first kappa shape index (κ1) is 14.9. The maximum absolute atomic E-state index is 11.3.